The molecule has 31 heavy (non-hydrogen) atoms. The largest absolute Gasteiger partial charge is 0.494 e. The zero-order valence-electron chi connectivity index (χ0n) is 17.2. The van der Waals surface area contributed by atoms with Crippen LogP contribution in [-0.4, -0.2) is 20.9 Å². The number of carbonyl (C=O) groups is 1. The topological polar surface area (TPSA) is 84.5 Å². The first-order valence-electron chi connectivity index (χ1n) is 9.67. The minimum Gasteiger partial charge on any atom is -0.494 e. The van der Waals surface area contributed by atoms with Gasteiger partial charge in [0.25, 0.3) is 15.9 Å². The van der Waals surface area contributed by atoms with E-state index in [1.807, 2.05) is 38.1 Å². The molecular weight excluding hydrogens is 436 g/mol. The molecular formula is C23H23ClN2O4S. The molecule has 0 aromatic heterocycles. The number of sulfonamides is 1. The molecule has 0 saturated heterocycles. The molecule has 0 heterocycles. The third-order valence-electron chi connectivity index (χ3n) is 4.48. The Morgan fingerprint density at radius 3 is 2.29 bits per heavy atom. The van der Waals surface area contributed by atoms with Crippen LogP contribution in [0.1, 0.15) is 28.4 Å². The molecule has 0 atom stereocenters. The third kappa shape index (κ3) is 5.99. The zero-order chi connectivity index (χ0) is 22.4. The van der Waals surface area contributed by atoms with Crippen LogP contribution in [-0.2, 0) is 16.6 Å². The monoisotopic (exact) mass is 458 g/mol. The van der Waals surface area contributed by atoms with E-state index in [9.17, 15) is 13.2 Å². The smallest absolute Gasteiger partial charge is 0.261 e. The van der Waals surface area contributed by atoms with Gasteiger partial charge in [-0.15, -0.1) is 0 Å². The van der Waals surface area contributed by atoms with Crippen molar-refractivity contribution in [3.05, 3.63) is 88.4 Å². The lowest BCUT2D eigenvalue weighted by Crippen LogP contribution is -2.23. The molecule has 0 radical (unpaired) electrons. The summed E-state index contributed by atoms with van der Waals surface area (Å²) in [5.74, 6) is 0.413. The first-order chi connectivity index (χ1) is 14.8. The maximum absolute atomic E-state index is 12.5. The van der Waals surface area contributed by atoms with Gasteiger partial charge >= 0.3 is 0 Å². The van der Waals surface area contributed by atoms with Crippen LogP contribution in [0.25, 0.3) is 0 Å². The van der Waals surface area contributed by atoms with E-state index in [4.69, 9.17) is 16.3 Å². The predicted octanol–water partition coefficient (Wildman–Crippen LogP) is 4.78. The summed E-state index contributed by atoms with van der Waals surface area (Å²) in [6.07, 6.45) is 0. The molecule has 0 aliphatic heterocycles. The molecule has 1 amide bonds. The first-order valence-corrected chi connectivity index (χ1v) is 11.5. The second kappa shape index (κ2) is 9.85. The van der Waals surface area contributed by atoms with Gasteiger partial charge in [-0.1, -0.05) is 41.4 Å². The summed E-state index contributed by atoms with van der Waals surface area (Å²) < 4.78 is 32.9. The Bertz CT molecular complexity index is 1160. The van der Waals surface area contributed by atoms with Crippen LogP contribution in [0.5, 0.6) is 5.75 Å². The predicted molar refractivity (Wildman–Crippen MR) is 122 cm³/mol. The van der Waals surface area contributed by atoms with Crippen LogP contribution in [0, 0.1) is 6.92 Å². The van der Waals surface area contributed by atoms with Gasteiger partial charge in [-0.25, -0.2) is 8.42 Å². The number of carbonyl (C=O) groups excluding carboxylic acids is 1. The highest BCUT2D eigenvalue weighted by Crippen LogP contribution is 2.24. The number of aryl methyl sites for hydroxylation is 1. The van der Waals surface area contributed by atoms with Crippen molar-refractivity contribution < 1.29 is 17.9 Å². The Morgan fingerprint density at radius 2 is 1.68 bits per heavy atom. The normalized spacial score (nSPS) is 11.1. The second-order valence-electron chi connectivity index (χ2n) is 6.87. The summed E-state index contributed by atoms with van der Waals surface area (Å²) in [6.45, 7) is 4.70. The Hall–Kier alpha value is -3.03. The number of hydrogen-bond acceptors (Lipinski definition) is 4. The number of amides is 1. The number of hydrogen-bond donors (Lipinski definition) is 2. The van der Waals surface area contributed by atoms with E-state index in [1.54, 1.807) is 12.1 Å². The van der Waals surface area contributed by atoms with E-state index in [0.29, 0.717) is 13.2 Å². The average molecular weight is 459 g/mol. The highest BCUT2D eigenvalue weighted by atomic mass is 35.5. The number of anilines is 1. The minimum absolute atomic E-state index is 0.145. The molecule has 0 fully saturated rings. The molecule has 6 nitrogen and oxygen atoms in total. The molecule has 0 bridgehead atoms. The van der Waals surface area contributed by atoms with E-state index >= 15 is 0 Å². The van der Waals surface area contributed by atoms with E-state index in [0.717, 1.165) is 16.9 Å². The van der Waals surface area contributed by atoms with Gasteiger partial charge in [0.15, 0.2) is 0 Å². The van der Waals surface area contributed by atoms with Gasteiger partial charge in [-0.2, -0.15) is 0 Å². The van der Waals surface area contributed by atoms with Crippen LogP contribution in [0.4, 0.5) is 5.69 Å². The lowest BCUT2D eigenvalue weighted by atomic mass is 10.1. The minimum atomic E-state index is -3.75. The van der Waals surface area contributed by atoms with E-state index < -0.39 is 10.0 Å². The summed E-state index contributed by atoms with van der Waals surface area (Å²) in [5.41, 5.74) is 2.40. The molecule has 0 saturated carbocycles. The summed E-state index contributed by atoms with van der Waals surface area (Å²) in [5, 5.41) is 2.95. The fourth-order valence-corrected chi connectivity index (χ4v) is 4.16. The zero-order valence-corrected chi connectivity index (χ0v) is 18.8. The van der Waals surface area contributed by atoms with Crippen molar-refractivity contribution in [1.82, 2.24) is 5.32 Å². The SMILES string of the molecule is CCOc1ccc(CNC(=O)c2ccc(NS(=O)(=O)c3ccc(C)cc3)cc2Cl)cc1. The van der Waals surface area contributed by atoms with Gasteiger partial charge in [0.1, 0.15) is 5.75 Å². The maximum atomic E-state index is 12.5. The lowest BCUT2D eigenvalue weighted by molar-refractivity contribution is 0.0951. The van der Waals surface area contributed by atoms with Crippen molar-refractivity contribution in [2.45, 2.75) is 25.3 Å². The fourth-order valence-electron chi connectivity index (χ4n) is 2.84. The fraction of sp³-hybridized carbons (Fsp3) is 0.174. The van der Waals surface area contributed by atoms with Crippen molar-refractivity contribution in [1.29, 1.82) is 0 Å². The standard InChI is InChI=1S/C23H23ClN2O4S/c1-3-30-19-9-6-17(7-10-19)15-25-23(27)21-13-8-18(14-22(21)24)26-31(28,29)20-11-4-16(2)5-12-20/h4-14,26H,3,15H2,1-2H3,(H,25,27). The molecule has 3 aromatic rings. The molecule has 2 N–H and O–H groups in total. The summed E-state index contributed by atoms with van der Waals surface area (Å²) in [7, 11) is -3.75. The number of benzene rings is 3. The third-order valence-corrected chi connectivity index (χ3v) is 6.19. The molecule has 0 unspecified atom stereocenters. The summed E-state index contributed by atoms with van der Waals surface area (Å²) >= 11 is 6.25. The van der Waals surface area contributed by atoms with Crippen molar-refractivity contribution in [2.75, 3.05) is 11.3 Å². The van der Waals surface area contributed by atoms with Gasteiger partial charge in [-0.3, -0.25) is 9.52 Å². The number of rotatable bonds is 8. The Kier molecular flexibility index (Phi) is 7.20. The van der Waals surface area contributed by atoms with Crippen LogP contribution < -0.4 is 14.8 Å². The first kappa shape index (κ1) is 22.7. The Morgan fingerprint density at radius 1 is 1.00 bits per heavy atom. The van der Waals surface area contributed by atoms with Crippen LogP contribution in [0.2, 0.25) is 5.02 Å². The number of ether oxygens (including phenoxy) is 1. The van der Waals surface area contributed by atoms with E-state index in [2.05, 4.69) is 10.0 Å². The van der Waals surface area contributed by atoms with Crippen LogP contribution >= 0.6 is 11.6 Å². The maximum Gasteiger partial charge on any atom is 0.261 e. The van der Waals surface area contributed by atoms with Crippen molar-refractivity contribution in [2.24, 2.45) is 0 Å². The van der Waals surface area contributed by atoms with Crippen molar-refractivity contribution in [3.8, 4) is 5.75 Å². The molecule has 162 valence electrons. The van der Waals surface area contributed by atoms with E-state index in [-0.39, 0.29) is 27.1 Å². The lowest BCUT2D eigenvalue weighted by Gasteiger charge is -2.11. The Balaban J connectivity index is 1.65. The van der Waals surface area contributed by atoms with Crippen LogP contribution in [0.15, 0.2) is 71.6 Å². The van der Waals surface area contributed by atoms with E-state index in [1.165, 1.54) is 30.3 Å². The highest BCUT2D eigenvalue weighted by molar-refractivity contribution is 7.92. The average Bonchev–Trinajstić information content (AvgIpc) is 2.73. The summed E-state index contributed by atoms with van der Waals surface area (Å²) in [6, 6.07) is 18.3. The summed E-state index contributed by atoms with van der Waals surface area (Å²) in [4.78, 5) is 12.6. The molecule has 0 spiro atoms. The van der Waals surface area contributed by atoms with Gasteiger partial charge in [-0.05, 0) is 61.9 Å². The molecule has 0 aliphatic carbocycles. The molecule has 3 aromatic carbocycles. The van der Waals surface area contributed by atoms with Crippen LogP contribution in [0.3, 0.4) is 0 Å². The van der Waals surface area contributed by atoms with Gasteiger partial charge in [0, 0.05) is 6.54 Å². The van der Waals surface area contributed by atoms with Gasteiger partial charge in [0.2, 0.25) is 0 Å². The highest BCUT2D eigenvalue weighted by Gasteiger charge is 2.16. The van der Waals surface area contributed by atoms with Crippen molar-refractivity contribution in [3.63, 3.8) is 0 Å². The molecule has 8 heteroatoms. The van der Waals surface area contributed by atoms with Crippen molar-refractivity contribution >= 4 is 33.2 Å². The number of nitrogens with one attached hydrogen (secondary N) is 2. The molecule has 0 aliphatic rings. The Labute approximate surface area is 187 Å². The second-order valence-corrected chi connectivity index (χ2v) is 8.96. The number of halogens is 1. The van der Waals surface area contributed by atoms with Gasteiger partial charge < -0.3 is 10.1 Å². The van der Waals surface area contributed by atoms with Gasteiger partial charge in [0.05, 0.1) is 27.8 Å². The quantitative estimate of drug-likeness (QED) is 0.508. The molecule has 3 rings (SSSR count).